The van der Waals surface area contributed by atoms with E-state index >= 15 is 0 Å². The number of benzene rings is 6. The number of hydrogen-bond donors (Lipinski definition) is 0. The van der Waals surface area contributed by atoms with Gasteiger partial charge in [0.25, 0.3) is 0 Å². The van der Waals surface area contributed by atoms with Crippen molar-refractivity contribution >= 4 is 55.0 Å². The lowest BCUT2D eigenvalue weighted by Crippen LogP contribution is -1.93. The molecule has 1 nitrogen and oxygen atoms in total. The second-order valence-electron chi connectivity index (χ2n) is 8.72. The molecule has 2 heteroatoms. The van der Waals surface area contributed by atoms with Crippen LogP contribution < -0.4 is 0 Å². The van der Waals surface area contributed by atoms with Gasteiger partial charge in [-0.3, -0.25) is 0 Å². The van der Waals surface area contributed by atoms with Crippen molar-refractivity contribution in [3.8, 4) is 16.8 Å². The van der Waals surface area contributed by atoms with Crippen molar-refractivity contribution in [1.82, 2.24) is 4.57 Å². The Labute approximate surface area is 202 Å². The highest BCUT2D eigenvalue weighted by Crippen LogP contribution is 2.43. The first-order chi connectivity index (χ1) is 16.8. The van der Waals surface area contributed by atoms with Gasteiger partial charge in [0.1, 0.15) is 0 Å². The highest BCUT2D eigenvalue weighted by molar-refractivity contribution is 6.31. The molecule has 0 atom stereocenters. The van der Waals surface area contributed by atoms with Crippen LogP contribution in [0.4, 0.5) is 0 Å². The third kappa shape index (κ3) is 2.81. The standard InChI is InChI=1S/C32H20ClN/c33-23-11-6-12-24(20-23)34-29-17-7-16-28(27-15-5-10-21-8-1-3-13-25(21)27)32(29)31-26-14-4-2-9-22(26)18-19-30(31)34/h1-20H. The van der Waals surface area contributed by atoms with Crippen LogP contribution in [0.3, 0.4) is 0 Å². The molecule has 0 aliphatic carbocycles. The van der Waals surface area contributed by atoms with Crippen LogP contribution in [0.25, 0.3) is 60.2 Å². The van der Waals surface area contributed by atoms with Crippen molar-refractivity contribution in [3.63, 3.8) is 0 Å². The summed E-state index contributed by atoms with van der Waals surface area (Å²) in [6.45, 7) is 0. The summed E-state index contributed by atoms with van der Waals surface area (Å²) in [4.78, 5) is 0. The molecule has 0 unspecified atom stereocenters. The molecule has 7 aromatic rings. The smallest absolute Gasteiger partial charge is 0.0547 e. The number of rotatable bonds is 2. The minimum Gasteiger partial charge on any atom is -0.309 e. The van der Waals surface area contributed by atoms with Crippen molar-refractivity contribution in [2.75, 3.05) is 0 Å². The molecule has 0 radical (unpaired) electrons. The van der Waals surface area contributed by atoms with Crippen molar-refractivity contribution in [3.05, 3.63) is 126 Å². The molecule has 1 aromatic heterocycles. The van der Waals surface area contributed by atoms with Crippen LogP contribution in [0.5, 0.6) is 0 Å². The maximum atomic E-state index is 6.44. The number of hydrogen-bond acceptors (Lipinski definition) is 0. The van der Waals surface area contributed by atoms with Crippen LogP contribution in [0.1, 0.15) is 0 Å². The lowest BCUT2D eigenvalue weighted by molar-refractivity contribution is 1.18. The molecule has 34 heavy (non-hydrogen) atoms. The first kappa shape index (κ1) is 19.4. The third-order valence-electron chi connectivity index (χ3n) is 6.83. The Bertz CT molecular complexity index is 1870. The normalized spacial score (nSPS) is 11.7. The lowest BCUT2D eigenvalue weighted by Gasteiger charge is -2.11. The van der Waals surface area contributed by atoms with Gasteiger partial charge in [0.15, 0.2) is 0 Å². The Kier molecular flexibility index (Phi) is 4.27. The van der Waals surface area contributed by atoms with Gasteiger partial charge in [-0.25, -0.2) is 0 Å². The number of halogens is 1. The highest BCUT2D eigenvalue weighted by atomic mass is 35.5. The summed E-state index contributed by atoms with van der Waals surface area (Å²) in [5.74, 6) is 0. The quantitative estimate of drug-likeness (QED) is 0.245. The van der Waals surface area contributed by atoms with Crippen LogP contribution >= 0.6 is 11.6 Å². The van der Waals surface area contributed by atoms with Gasteiger partial charge in [0, 0.05) is 21.5 Å². The lowest BCUT2D eigenvalue weighted by atomic mass is 9.93. The summed E-state index contributed by atoms with van der Waals surface area (Å²) in [6.07, 6.45) is 0. The maximum Gasteiger partial charge on any atom is 0.0547 e. The second-order valence-corrected chi connectivity index (χ2v) is 9.16. The molecule has 160 valence electrons. The molecule has 0 spiro atoms. The molecular weight excluding hydrogens is 434 g/mol. The summed E-state index contributed by atoms with van der Waals surface area (Å²) < 4.78 is 2.34. The van der Waals surface area contributed by atoms with E-state index in [-0.39, 0.29) is 0 Å². The summed E-state index contributed by atoms with van der Waals surface area (Å²) in [5, 5.41) is 8.30. The van der Waals surface area contributed by atoms with Gasteiger partial charge in [-0.05, 0) is 63.0 Å². The SMILES string of the molecule is Clc1cccc(-n2c3cccc(-c4cccc5ccccc45)c3c3c4ccccc4ccc32)c1. The highest BCUT2D eigenvalue weighted by Gasteiger charge is 2.19. The molecule has 6 aromatic carbocycles. The first-order valence-corrected chi connectivity index (χ1v) is 11.9. The monoisotopic (exact) mass is 453 g/mol. The number of aromatic nitrogens is 1. The largest absolute Gasteiger partial charge is 0.309 e. The Morgan fingerprint density at radius 3 is 1.97 bits per heavy atom. The van der Waals surface area contributed by atoms with Gasteiger partial charge in [-0.1, -0.05) is 103 Å². The Morgan fingerprint density at radius 1 is 0.471 bits per heavy atom. The Morgan fingerprint density at radius 2 is 1.12 bits per heavy atom. The zero-order valence-corrected chi connectivity index (χ0v) is 19.1. The van der Waals surface area contributed by atoms with E-state index in [4.69, 9.17) is 11.6 Å². The van der Waals surface area contributed by atoms with Crippen molar-refractivity contribution < 1.29 is 0 Å². The molecular formula is C32H20ClN. The van der Waals surface area contributed by atoms with E-state index in [2.05, 4.69) is 108 Å². The van der Waals surface area contributed by atoms with Crippen molar-refractivity contribution in [2.45, 2.75) is 0 Å². The molecule has 0 N–H and O–H groups in total. The first-order valence-electron chi connectivity index (χ1n) is 11.5. The molecule has 0 bridgehead atoms. The van der Waals surface area contributed by atoms with Gasteiger partial charge in [0.05, 0.1) is 11.0 Å². The van der Waals surface area contributed by atoms with E-state index in [1.807, 2.05) is 18.2 Å². The summed E-state index contributed by atoms with van der Waals surface area (Å²) in [7, 11) is 0. The van der Waals surface area contributed by atoms with Crippen molar-refractivity contribution in [2.24, 2.45) is 0 Å². The van der Waals surface area contributed by atoms with Crippen LogP contribution in [0.2, 0.25) is 5.02 Å². The van der Waals surface area contributed by atoms with Crippen LogP contribution in [-0.2, 0) is 0 Å². The fraction of sp³-hybridized carbons (Fsp3) is 0. The topological polar surface area (TPSA) is 4.93 Å². The fourth-order valence-corrected chi connectivity index (χ4v) is 5.59. The summed E-state index contributed by atoms with van der Waals surface area (Å²) in [6, 6.07) is 43.1. The summed E-state index contributed by atoms with van der Waals surface area (Å²) >= 11 is 6.44. The van der Waals surface area contributed by atoms with E-state index in [1.54, 1.807) is 0 Å². The molecule has 0 aliphatic rings. The Hall–Kier alpha value is -4.07. The molecule has 1 heterocycles. The van der Waals surface area contributed by atoms with Gasteiger partial charge < -0.3 is 4.57 Å². The van der Waals surface area contributed by atoms with E-state index in [1.165, 1.54) is 54.5 Å². The molecule has 0 saturated heterocycles. The van der Waals surface area contributed by atoms with Crippen LogP contribution in [0.15, 0.2) is 121 Å². The third-order valence-corrected chi connectivity index (χ3v) is 7.06. The van der Waals surface area contributed by atoms with Crippen molar-refractivity contribution in [1.29, 1.82) is 0 Å². The Balaban J connectivity index is 1.72. The number of fused-ring (bicyclic) bond motifs is 6. The minimum atomic E-state index is 0.735. The fourth-order valence-electron chi connectivity index (χ4n) is 5.41. The zero-order valence-electron chi connectivity index (χ0n) is 18.4. The minimum absolute atomic E-state index is 0.735. The average molecular weight is 454 g/mol. The van der Waals surface area contributed by atoms with E-state index < -0.39 is 0 Å². The maximum absolute atomic E-state index is 6.44. The molecule has 0 fully saturated rings. The van der Waals surface area contributed by atoms with E-state index in [0.29, 0.717) is 0 Å². The van der Waals surface area contributed by atoms with E-state index in [0.717, 1.165) is 10.7 Å². The van der Waals surface area contributed by atoms with Gasteiger partial charge >= 0.3 is 0 Å². The van der Waals surface area contributed by atoms with E-state index in [9.17, 15) is 0 Å². The van der Waals surface area contributed by atoms with Crippen LogP contribution in [0, 0.1) is 0 Å². The molecule has 7 rings (SSSR count). The predicted molar refractivity (Wildman–Crippen MR) is 146 cm³/mol. The zero-order chi connectivity index (χ0) is 22.6. The second kappa shape index (κ2) is 7.48. The number of nitrogens with zero attached hydrogens (tertiary/aromatic N) is 1. The molecule has 0 aliphatic heterocycles. The van der Waals surface area contributed by atoms with Crippen LogP contribution in [-0.4, -0.2) is 4.57 Å². The predicted octanol–water partition coefficient (Wildman–Crippen LogP) is 9.41. The van der Waals surface area contributed by atoms with Gasteiger partial charge in [0.2, 0.25) is 0 Å². The van der Waals surface area contributed by atoms with Gasteiger partial charge in [-0.15, -0.1) is 0 Å². The van der Waals surface area contributed by atoms with Gasteiger partial charge in [-0.2, -0.15) is 0 Å². The molecule has 0 saturated carbocycles. The molecule has 0 amide bonds. The average Bonchev–Trinajstić information content (AvgIpc) is 3.23. The summed E-state index contributed by atoms with van der Waals surface area (Å²) in [5.41, 5.74) is 5.93.